The number of benzene rings is 3. The van der Waals surface area contributed by atoms with Gasteiger partial charge >= 0.3 is 6.09 Å². The van der Waals surface area contributed by atoms with Gasteiger partial charge in [-0.2, -0.15) is 0 Å². The van der Waals surface area contributed by atoms with Crippen molar-refractivity contribution in [1.29, 1.82) is 0 Å². The van der Waals surface area contributed by atoms with Crippen molar-refractivity contribution in [2.75, 3.05) is 19.6 Å². The Balaban J connectivity index is 1.49. The van der Waals surface area contributed by atoms with Crippen LogP contribution in [0.3, 0.4) is 0 Å². The Hall–Kier alpha value is -3.86. The molecule has 0 spiro atoms. The SMILES string of the molecule is O=C(C=Cc1ccccc1)N1CCN2C(=O)OC(c3ccccc3)(c3ccccc3)C2C1. The predicted octanol–water partition coefficient (Wildman–Crippen LogP) is 4.31. The molecule has 5 nitrogen and oxygen atoms in total. The lowest BCUT2D eigenvalue weighted by molar-refractivity contribution is -0.128. The molecule has 5 rings (SSSR count). The van der Waals surface area contributed by atoms with E-state index in [0.717, 1.165) is 16.7 Å². The van der Waals surface area contributed by atoms with Crippen LogP contribution in [0.25, 0.3) is 6.08 Å². The first-order chi connectivity index (χ1) is 15.7. The van der Waals surface area contributed by atoms with E-state index in [9.17, 15) is 9.59 Å². The summed E-state index contributed by atoms with van der Waals surface area (Å²) in [5.74, 6) is -0.0668. The number of ether oxygens (including phenoxy) is 1. The highest BCUT2D eigenvalue weighted by Gasteiger charge is 2.58. The second-order valence-electron chi connectivity index (χ2n) is 8.07. The summed E-state index contributed by atoms with van der Waals surface area (Å²) in [5, 5.41) is 0. The number of hydrogen-bond donors (Lipinski definition) is 0. The number of carbonyl (C=O) groups is 2. The summed E-state index contributed by atoms with van der Waals surface area (Å²) in [6.07, 6.45) is 3.09. The van der Waals surface area contributed by atoms with Crippen molar-refractivity contribution in [3.8, 4) is 0 Å². The van der Waals surface area contributed by atoms with E-state index in [1.54, 1.807) is 11.0 Å². The van der Waals surface area contributed by atoms with Gasteiger partial charge in [-0.1, -0.05) is 91.0 Å². The molecule has 2 heterocycles. The Morgan fingerprint density at radius 1 is 0.844 bits per heavy atom. The highest BCUT2D eigenvalue weighted by molar-refractivity contribution is 5.92. The molecule has 0 bridgehead atoms. The fourth-order valence-electron chi connectivity index (χ4n) is 4.69. The fraction of sp³-hybridized carbons (Fsp3) is 0.185. The number of rotatable bonds is 4. The first kappa shape index (κ1) is 20.1. The number of hydrogen-bond acceptors (Lipinski definition) is 3. The highest BCUT2D eigenvalue weighted by Crippen LogP contribution is 2.45. The molecule has 2 aliphatic rings. The summed E-state index contributed by atoms with van der Waals surface area (Å²) >= 11 is 0. The maximum Gasteiger partial charge on any atom is 0.411 e. The van der Waals surface area contributed by atoms with E-state index >= 15 is 0 Å². The fourth-order valence-corrected chi connectivity index (χ4v) is 4.69. The molecule has 2 aliphatic heterocycles. The van der Waals surface area contributed by atoms with Crippen LogP contribution < -0.4 is 0 Å². The van der Waals surface area contributed by atoms with Gasteiger partial charge in [0.15, 0.2) is 5.60 Å². The molecule has 0 saturated carbocycles. The van der Waals surface area contributed by atoms with E-state index in [-0.39, 0.29) is 18.0 Å². The Morgan fingerprint density at radius 2 is 1.41 bits per heavy atom. The molecule has 32 heavy (non-hydrogen) atoms. The molecule has 2 saturated heterocycles. The normalized spacial score (nSPS) is 19.6. The van der Waals surface area contributed by atoms with Gasteiger partial charge in [-0.15, -0.1) is 0 Å². The third-order valence-corrected chi connectivity index (χ3v) is 6.27. The van der Waals surface area contributed by atoms with Crippen LogP contribution in [0.1, 0.15) is 16.7 Å². The van der Waals surface area contributed by atoms with Gasteiger partial charge in [0.05, 0.1) is 0 Å². The van der Waals surface area contributed by atoms with Gasteiger partial charge in [0.1, 0.15) is 6.04 Å². The molecule has 2 fully saturated rings. The predicted molar refractivity (Wildman–Crippen MR) is 123 cm³/mol. The number of fused-ring (bicyclic) bond motifs is 1. The minimum absolute atomic E-state index is 0.0668. The maximum absolute atomic E-state index is 13.0. The number of cyclic esters (lactones) is 1. The van der Waals surface area contributed by atoms with Crippen molar-refractivity contribution >= 4 is 18.1 Å². The summed E-state index contributed by atoms with van der Waals surface area (Å²) in [5.41, 5.74) is 1.81. The van der Waals surface area contributed by atoms with Crippen LogP contribution in [0.4, 0.5) is 4.79 Å². The highest BCUT2D eigenvalue weighted by atomic mass is 16.6. The molecule has 1 unspecified atom stereocenters. The van der Waals surface area contributed by atoms with Gasteiger partial charge in [0.2, 0.25) is 5.91 Å². The van der Waals surface area contributed by atoms with Crippen molar-refractivity contribution in [1.82, 2.24) is 9.80 Å². The second-order valence-corrected chi connectivity index (χ2v) is 8.07. The molecule has 5 heteroatoms. The van der Waals surface area contributed by atoms with Gasteiger partial charge in [0, 0.05) is 36.8 Å². The largest absolute Gasteiger partial charge is 0.431 e. The monoisotopic (exact) mass is 424 g/mol. The minimum atomic E-state index is -0.971. The van der Waals surface area contributed by atoms with Gasteiger partial charge < -0.3 is 9.64 Å². The lowest BCUT2D eigenvalue weighted by atomic mass is 9.79. The van der Waals surface area contributed by atoms with Crippen LogP contribution in [-0.2, 0) is 15.1 Å². The molecule has 2 amide bonds. The third kappa shape index (κ3) is 3.46. The molecule has 0 N–H and O–H groups in total. The van der Waals surface area contributed by atoms with E-state index in [2.05, 4.69) is 0 Å². The summed E-state index contributed by atoms with van der Waals surface area (Å²) in [4.78, 5) is 29.5. The van der Waals surface area contributed by atoms with E-state index in [1.807, 2.05) is 102 Å². The smallest absolute Gasteiger partial charge is 0.411 e. The Kier molecular flexibility index (Phi) is 5.23. The van der Waals surface area contributed by atoms with E-state index in [0.29, 0.717) is 19.6 Å². The standard InChI is InChI=1S/C27H24N2O3/c30-25(17-16-21-10-4-1-5-11-21)28-18-19-29-24(20-28)27(32-26(29)31,22-12-6-2-7-13-22)23-14-8-3-9-15-23/h1-17,24H,18-20H2. The van der Waals surface area contributed by atoms with Crippen molar-refractivity contribution in [2.45, 2.75) is 11.6 Å². The molecule has 0 radical (unpaired) electrons. The average molecular weight is 425 g/mol. The lowest BCUT2D eigenvalue weighted by Gasteiger charge is -2.42. The Bertz CT molecular complexity index is 1090. The first-order valence-electron chi connectivity index (χ1n) is 10.8. The maximum atomic E-state index is 13.0. The Labute approximate surface area is 187 Å². The zero-order valence-electron chi connectivity index (χ0n) is 17.6. The van der Waals surface area contributed by atoms with Crippen LogP contribution >= 0.6 is 0 Å². The van der Waals surface area contributed by atoms with Crippen molar-refractivity contribution in [3.05, 3.63) is 114 Å². The molecule has 3 aromatic carbocycles. The van der Waals surface area contributed by atoms with Gasteiger partial charge in [0.25, 0.3) is 0 Å². The van der Waals surface area contributed by atoms with E-state index < -0.39 is 5.60 Å². The van der Waals surface area contributed by atoms with Crippen molar-refractivity contribution < 1.29 is 14.3 Å². The molecule has 3 aromatic rings. The zero-order valence-corrected chi connectivity index (χ0v) is 17.6. The van der Waals surface area contributed by atoms with Crippen LogP contribution in [0.2, 0.25) is 0 Å². The topological polar surface area (TPSA) is 49.9 Å². The van der Waals surface area contributed by atoms with Gasteiger partial charge in [-0.3, -0.25) is 9.69 Å². The molecular weight excluding hydrogens is 400 g/mol. The number of piperazine rings is 1. The number of amides is 2. The van der Waals surface area contributed by atoms with Gasteiger partial charge in [-0.25, -0.2) is 4.79 Å². The first-order valence-corrected chi connectivity index (χ1v) is 10.8. The second kappa shape index (κ2) is 8.35. The van der Waals surface area contributed by atoms with E-state index in [4.69, 9.17) is 4.74 Å². The lowest BCUT2D eigenvalue weighted by Crippen LogP contribution is -2.58. The summed E-state index contributed by atoms with van der Waals surface area (Å²) in [7, 11) is 0. The van der Waals surface area contributed by atoms with Gasteiger partial charge in [-0.05, 0) is 11.6 Å². The summed E-state index contributed by atoms with van der Waals surface area (Å²) in [6, 6.07) is 29.1. The molecule has 0 aliphatic carbocycles. The average Bonchev–Trinajstić information content (AvgIpc) is 3.17. The molecule has 0 aromatic heterocycles. The zero-order chi connectivity index (χ0) is 22.0. The van der Waals surface area contributed by atoms with Crippen LogP contribution in [0, 0.1) is 0 Å². The van der Waals surface area contributed by atoms with E-state index in [1.165, 1.54) is 0 Å². The third-order valence-electron chi connectivity index (χ3n) is 6.27. The van der Waals surface area contributed by atoms with Crippen molar-refractivity contribution in [3.63, 3.8) is 0 Å². The van der Waals surface area contributed by atoms with Crippen LogP contribution in [0.15, 0.2) is 97.1 Å². The Morgan fingerprint density at radius 3 is 2.00 bits per heavy atom. The van der Waals surface area contributed by atoms with Crippen molar-refractivity contribution in [2.24, 2.45) is 0 Å². The molecule has 1 atom stereocenters. The number of nitrogens with zero attached hydrogens (tertiary/aromatic N) is 2. The summed E-state index contributed by atoms with van der Waals surface area (Å²) in [6.45, 7) is 1.31. The quantitative estimate of drug-likeness (QED) is 0.587. The summed E-state index contributed by atoms with van der Waals surface area (Å²) < 4.78 is 6.16. The van der Waals surface area contributed by atoms with Crippen LogP contribution in [0.5, 0.6) is 0 Å². The molecular formula is C27H24N2O3. The minimum Gasteiger partial charge on any atom is -0.431 e. The number of carbonyl (C=O) groups excluding carboxylic acids is 2. The van der Waals surface area contributed by atoms with Crippen LogP contribution in [-0.4, -0.2) is 47.5 Å². The molecule has 160 valence electrons.